The van der Waals surface area contributed by atoms with Gasteiger partial charge in [0.05, 0.1) is 23.7 Å². The molecule has 0 aliphatic heterocycles. The third-order valence-electron chi connectivity index (χ3n) is 5.38. The third kappa shape index (κ3) is 5.83. The standard InChI is InChI=1S/C24H26N4O3S.ClH/c1-17-5-10-21-23(18(17)2)26-24(32-21)28(13-4-12-27-14-11-25-16-27)22(29)15-31-20-8-6-19(30-3)7-9-20;/h5-11,14,16H,4,12-13,15H2,1-3H3;1H. The molecule has 4 rings (SSSR count). The van der Waals surface area contributed by atoms with Crippen molar-refractivity contribution < 1.29 is 14.3 Å². The van der Waals surface area contributed by atoms with Gasteiger partial charge in [-0.15, -0.1) is 12.4 Å². The number of amides is 1. The molecule has 0 aliphatic carbocycles. The number of carbonyl (C=O) groups excluding carboxylic acids is 1. The molecule has 0 saturated heterocycles. The summed E-state index contributed by atoms with van der Waals surface area (Å²) < 4.78 is 14.0. The minimum absolute atomic E-state index is 0. The highest BCUT2D eigenvalue weighted by Crippen LogP contribution is 2.32. The number of aryl methyl sites for hydroxylation is 3. The van der Waals surface area contributed by atoms with Crippen LogP contribution in [0.4, 0.5) is 5.13 Å². The topological polar surface area (TPSA) is 69.5 Å². The number of benzene rings is 2. The Balaban J connectivity index is 0.00000306. The lowest BCUT2D eigenvalue weighted by molar-refractivity contribution is -0.120. The van der Waals surface area contributed by atoms with Crippen LogP contribution in [0.1, 0.15) is 17.5 Å². The predicted molar refractivity (Wildman–Crippen MR) is 134 cm³/mol. The van der Waals surface area contributed by atoms with Crippen LogP contribution in [0.2, 0.25) is 0 Å². The van der Waals surface area contributed by atoms with Crippen LogP contribution in [0, 0.1) is 13.8 Å². The molecular weight excluding hydrogens is 460 g/mol. The van der Waals surface area contributed by atoms with Gasteiger partial charge in [-0.3, -0.25) is 9.69 Å². The molecule has 0 atom stereocenters. The van der Waals surface area contributed by atoms with Crippen LogP contribution in [0.25, 0.3) is 10.2 Å². The van der Waals surface area contributed by atoms with E-state index in [4.69, 9.17) is 14.5 Å². The molecule has 0 radical (unpaired) electrons. The van der Waals surface area contributed by atoms with Gasteiger partial charge in [-0.05, 0) is 61.7 Å². The molecule has 0 N–H and O–H groups in total. The van der Waals surface area contributed by atoms with Gasteiger partial charge < -0.3 is 14.0 Å². The lowest BCUT2D eigenvalue weighted by Crippen LogP contribution is -2.36. The molecule has 0 fully saturated rings. The molecule has 7 nitrogen and oxygen atoms in total. The van der Waals surface area contributed by atoms with Gasteiger partial charge in [0.1, 0.15) is 11.5 Å². The molecule has 0 unspecified atom stereocenters. The van der Waals surface area contributed by atoms with Gasteiger partial charge in [-0.25, -0.2) is 9.97 Å². The largest absolute Gasteiger partial charge is 0.497 e. The molecule has 33 heavy (non-hydrogen) atoms. The van der Waals surface area contributed by atoms with Gasteiger partial charge in [0.25, 0.3) is 5.91 Å². The predicted octanol–water partition coefficient (Wildman–Crippen LogP) is 5.04. The Hall–Kier alpha value is -3.10. The van der Waals surface area contributed by atoms with E-state index in [1.807, 2.05) is 10.8 Å². The molecule has 9 heteroatoms. The van der Waals surface area contributed by atoms with Crippen molar-refractivity contribution in [2.45, 2.75) is 26.8 Å². The molecule has 0 bridgehead atoms. The Bertz CT molecular complexity index is 1190. The van der Waals surface area contributed by atoms with Crippen molar-refractivity contribution in [3.05, 3.63) is 66.2 Å². The lowest BCUT2D eigenvalue weighted by atomic mass is 10.1. The highest BCUT2D eigenvalue weighted by molar-refractivity contribution is 7.22. The number of hydrogen-bond acceptors (Lipinski definition) is 6. The number of fused-ring (bicyclic) bond motifs is 1. The zero-order valence-corrected chi connectivity index (χ0v) is 20.5. The molecule has 1 amide bonds. The van der Waals surface area contributed by atoms with E-state index in [1.54, 1.807) is 48.8 Å². The Morgan fingerprint density at radius 2 is 1.88 bits per heavy atom. The van der Waals surface area contributed by atoms with Gasteiger partial charge in [-0.1, -0.05) is 17.4 Å². The smallest absolute Gasteiger partial charge is 0.266 e. The molecule has 4 aromatic rings. The Morgan fingerprint density at radius 1 is 1.12 bits per heavy atom. The van der Waals surface area contributed by atoms with Gasteiger partial charge in [0, 0.05) is 25.5 Å². The van der Waals surface area contributed by atoms with Crippen molar-refractivity contribution in [2.75, 3.05) is 25.2 Å². The summed E-state index contributed by atoms with van der Waals surface area (Å²) >= 11 is 1.53. The summed E-state index contributed by atoms with van der Waals surface area (Å²) in [5.74, 6) is 1.23. The van der Waals surface area contributed by atoms with Crippen LogP contribution in [0.5, 0.6) is 11.5 Å². The summed E-state index contributed by atoms with van der Waals surface area (Å²) in [4.78, 5) is 23.8. The highest BCUT2D eigenvalue weighted by atomic mass is 35.5. The quantitative estimate of drug-likeness (QED) is 0.331. The van der Waals surface area contributed by atoms with Crippen LogP contribution < -0.4 is 14.4 Å². The zero-order chi connectivity index (χ0) is 22.5. The van der Waals surface area contributed by atoms with Crippen molar-refractivity contribution in [3.63, 3.8) is 0 Å². The van der Waals surface area contributed by atoms with Crippen LogP contribution in [-0.2, 0) is 11.3 Å². The van der Waals surface area contributed by atoms with E-state index in [-0.39, 0.29) is 24.9 Å². The van der Waals surface area contributed by atoms with Crippen LogP contribution in [0.15, 0.2) is 55.1 Å². The second-order valence-corrected chi connectivity index (χ2v) is 8.52. The fourth-order valence-electron chi connectivity index (χ4n) is 3.38. The fourth-order valence-corrected chi connectivity index (χ4v) is 4.45. The number of thiazole rings is 1. The summed E-state index contributed by atoms with van der Waals surface area (Å²) in [6.07, 6.45) is 6.23. The summed E-state index contributed by atoms with van der Waals surface area (Å²) in [5.41, 5.74) is 3.29. The van der Waals surface area contributed by atoms with Crippen molar-refractivity contribution >= 4 is 45.0 Å². The maximum atomic E-state index is 13.2. The van der Waals surface area contributed by atoms with Crippen molar-refractivity contribution in [1.82, 2.24) is 14.5 Å². The van der Waals surface area contributed by atoms with Crippen LogP contribution in [0.3, 0.4) is 0 Å². The molecule has 2 heterocycles. The summed E-state index contributed by atoms with van der Waals surface area (Å²) in [5, 5.41) is 0.697. The highest BCUT2D eigenvalue weighted by Gasteiger charge is 2.21. The van der Waals surface area contributed by atoms with Crippen LogP contribution >= 0.6 is 23.7 Å². The summed E-state index contributed by atoms with van der Waals surface area (Å²) in [6, 6.07) is 11.4. The molecule has 2 aromatic heterocycles. The number of aromatic nitrogens is 3. The lowest BCUT2D eigenvalue weighted by Gasteiger charge is -2.20. The number of nitrogens with zero attached hydrogens (tertiary/aromatic N) is 4. The number of anilines is 1. The Kier molecular flexibility index (Phi) is 8.30. The van der Waals surface area contributed by atoms with E-state index in [2.05, 4.69) is 31.0 Å². The number of halogens is 1. The molecular formula is C24H27ClN4O3S. The second kappa shape index (κ2) is 11.2. The van der Waals surface area contributed by atoms with Gasteiger partial charge >= 0.3 is 0 Å². The first-order valence-electron chi connectivity index (χ1n) is 10.4. The van der Waals surface area contributed by atoms with E-state index in [9.17, 15) is 4.79 Å². The van der Waals surface area contributed by atoms with E-state index in [1.165, 1.54) is 16.9 Å². The van der Waals surface area contributed by atoms with E-state index in [0.717, 1.165) is 34.5 Å². The van der Waals surface area contributed by atoms with E-state index < -0.39 is 0 Å². The minimum atomic E-state index is -0.125. The number of rotatable bonds is 9. The van der Waals surface area contributed by atoms with Gasteiger partial charge in [-0.2, -0.15) is 0 Å². The van der Waals surface area contributed by atoms with Crippen molar-refractivity contribution in [3.8, 4) is 11.5 Å². The first-order chi connectivity index (χ1) is 15.5. The first-order valence-corrected chi connectivity index (χ1v) is 11.3. The average molecular weight is 487 g/mol. The van der Waals surface area contributed by atoms with Crippen LogP contribution in [-0.4, -0.2) is 40.7 Å². The molecule has 174 valence electrons. The summed E-state index contributed by atoms with van der Waals surface area (Å²) in [6.45, 7) is 5.39. The maximum Gasteiger partial charge on any atom is 0.266 e. The van der Waals surface area contributed by atoms with E-state index in [0.29, 0.717) is 17.4 Å². The minimum Gasteiger partial charge on any atom is -0.497 e. The average Bonchev–Trinajstić information content (AvgIpc) is 3.48. The molecule has 0 spiro atoms. The maximum absolute atomic E-state index is 13.2. The summed E-state index contributed by atoms with van der Waals surface area (Å²) in [7, 11) is 1.61. The Morgan fingerprint density at radius 3 is 2.58 bits per heavy atom. The number of ether oxygens (including phenoxy) is 2. The Labute approximate surface area is 203 Å². The van der Waals surface area contributed by atoms with Crippen molar-refractivity contribution in [2.24, 2.45) is 0 Å². The SMILES string of the molecule is COc1ccc(OCC(=O)N(CCCn2ccnc2)c2nc3c(C)c(C)ccc3s2)cc1.Cl. The first kappa shape index (κ1) is 24.5. The van der Waals surface area contributed by atoms with Gasteiger partial charge in [0.2, 0.25) is 0 Å². The molecule has 0 aliphatic rings. The number of hydrogen-bond donors (Lipinski definition) is 0. The molecule has 0 saturated carbocycles. The number of imidazole rings is 1. The second-order valence-electron chi connectivity index (χ2n) is 7.51. The third-order valence-corrected chi connectivity index (χ3v) is 6.43. The molecule has 2 aromatic carbocycles. The zero-order valence-electron chi connectivity index (χ0n) is 18.9. The number of carbonyl (C=O) groups is 1. The van der Waals surface area contributed by atoms with E-state index >= 15 is 0 Å². The monoisotopic (exact) mass is 486 g/mol. The van der Waals surface area contributed by atoms with Crippen molar-refractivity contribution in [1.29, 1.82) is 0 Å². The van der Waals surface area contributed by atoms with Gasteiger partial charge in [0.15, 0.2) is 11.7 Å². The number of methoxy groups -OCH3 is 1. The fraction of sp³-hybridized carbons (Fsp3) is 0.292. The normalized spacial score (nSPS) is 10.6.